The number of rotatable bonds is 8. The van der Waals surface area contributed by atoms with E-state index in [0.717, 1.165) is 30.9 Å². The van der Waals surface area contributed by atoms with Crippen molar-refractivity contribution < 1.29 is 14.3 Å². The first kappa shape index (κ1) is 18.3. The van der Waals surface area contributed by atoms with Gasteiger partial charge in [0.05, 0.1) is 5.69 Å². The molecule has 0 aliphatic carbocycles. The van der Waals surface area contributed by atoms with E-state index in [-0.39, 0.29) is 24.8 Å². The Labute approximate surface area is 143 Å². The highest BCUT2D eigenvalue weighted by Crippen LogP contribution is 2.32. The monoisotopic (exact) mass is 333 g/mol. The molecule has 0 saturated carbocycles. The summed E-state index contributed by atoms with van der Waals surface area (Å²) in [7, 11) is 0. The predicted molar refractivity (Wildman–Crippen MR) is 94.4 cm³/mol. The number of amides is 2. The van der Waals surface area contributed by atoms with E-state index in [1.54, 1.807) is 4.90 Å². The van der Waals surface area contributed by atoms with Gasteiger partial charge >= 0.3 is 0 Å². The molecule has 1 aliphatic heterocycles. The molecule has 1 aromatic rings. The Hall–Kier alpha value is -2.08. The molecular weight excluding hydrogens is 306 g/mol. The SMILES string of the molecule is CCN(CC)CCNC(=O)CCN1C(=O)COc2ccc(C)cc21. The molecule has 6 heteroatoms. The van der Waals surface area contributed by atoms with Crippen LogP contribution >= 0.6 is 0 Å². The Kier molecular flexibility index (Phi) is 6.61. The van der Waals surface area contributed by atoms with E-state index >= 15 is 0 Å². The van der Waals surface area contributed by atoms with Crippen LogP contribution in [0.25, 0.3) is 0 Å². The Morgan fingerprint density at radius 2 is 2.08 bits per heavy atom. The number of ether oxygens (including phenoxy) is 1. The van der Waals surface area contributed by atoms with Crippen molar-refractivity contribution in [3.05, 3.63) is 23.8 Å². The second-order valence-corrected chi connectivity index (χ2v) is 5.93. The van der Waals surface area contributed by atoms with Gasteiger partial charge in [-0.2, -0.15) is 0 Å². The van der Waals surface area contributed by atoms with E-state index in [9.17, 15) is 9.59 Å². The van der Waals surface area contributed by atoms with Crippen LogP contribution in [0.3, 0.4) is 0 Å². The zero-order valence-corrected chi connectivity index (χ0v) is 14.8. The number of anilines is 1. The topological polar surface area (TPSA) is 61.9 Å². The van der Waals surface area contributed by atoms with Crippen LogP contribution in [0.2, 0.25) is 0 Å². The first-order chi connectivity index (χ1) is 11.5. The Bertz CT molecular complexity index is 585. The minimum absolute atomic E-state index is 0.0274. The summed E-state index contributed by atoms with van der Waals surface area (Å²) in [4.78, 5) is 28.1. The summed E-state index contributed by atoms with van der Waals surface area (Å²) < 4.78 is 5.45. The Morgan fingerprint density at radius 3 is 2.79 bits per heavy atom. The van der Waals surface area contributed by atoms with Gasteiger partial charge in [-0.05, 0) is 37.7 Å². The third-order valence-corrected chi connectivity index (χ3v) is 4.26. The van der Waals surface area contributed by atoms with E-state index in [4.69, 9.17) is 4.74 Å². The molecule has 0 bridgehead atoms. The first-order valence-corrected chi connectivity index (χ1v) is 8.58. The quantitative estimate of drug-likeness (QED) is 0.784. The van der Waals surface area contributed by atoms with Crippen LogP contribution in [-0.4, -0.2) is 56.0 Å². The molecule has 1 aliphatic rings. The third kappa shape index (κ3) is 4.71. The summed E-state index contributed by atoms with van der Waals surface area (Å²) in [5, 5.41) is 2.92. The molecule has 132 valence electrons. The van der Waals surface area contributed by atoms with Crippen LogP contribution in [0, 0.1) is 6.92 Å². The number of hydrogen-bond acceptors (Lipinski definition) is 4. The molecule has 0 aromatic heterocycles. The van der Waals surface area contributed by atoms with Crippen molar-refractivity contribution in [2.75, 3.05) is 44.2 Å². The molecular formula is C18H27N3O3. The van der Waals surface area contributed by atoms with Crippen LogP contribution in [0.4, 0.5) is 5.69 Å². The summed E-state index contributed by atoms with van der Waals surface area (Å²) >= 11 is 0. The van der Waals surface area contributed by atoms with E-state index < -0.39 is 0 Å². The van der Waals surface area contributed by atoms with Gasteiger partial charge in [-0.1, -0.05) is 19.9 Å². The van der Waals surface area contributed by atoms with Crippen LogP contribution < -0.4 is 15.0 Å². The zero-order chi connectivity index (χ0) is 17.5. The standard InChI is InChI=1S/C18H27N3O3/c1-4-20(5-2)11-9-19-17(22)8-10-21-15-12-14(3)6-7-16(15)24-13-18(21)23/h6-7,12H,4-5,8-11,13H2,1-3H3,(H,19,22). The number of nitrogens with one attached hydrogen (secondary N) is 1. The third-order valence-electron chi connectivity index (χ3n) is 4.26. The summed E-state index contributed by atoms with van der Waals surface area (Å²) in [6.45, 7) is 10.0. The van der Waals surface area contributed by atoms with Crippen LogP contribution in [0.1, 0.15) is 25.8 Å². The summed E-state index contributed by atoms with van der Waals surface area (Å²) in [5.74, 6) is 0.557. The maximum Gasteiger partial charge on any atom is 0.265 e. The zero-order valence-electron chi connectivity index (χ0n) is 14.8. The van der Waals surface area contributed by atoms with Crippen LogP contribution in [0.15, 0.2) is 18.2 Å². The van der Waals surface area contributed by atoms with Crippen molar-refractivity contribution >= 4 is 17.5 Å². The lowest BCUT2D eigenvalue weighted by molar-refractivity contribution is -0.122. The van der Waals surface area contributed by atoms with Crippen molar-refractivity contribution in [1.29, 1.82) is 0 Å². The Morgan fingerprint density at radius 1 is 1.33 bits per heavy atom. The average molecular weight is 333 g/mol. The maximum absolute atomic E-state index is 12.1. The molecule has 0 saturated heterocycles. The molecule has 0 spiro atoms. The van der Waals surface area contributed by atoms with Crippen molar-refractivity contribution in [1.82, 2.24) is 10.2 Å². The second-order valence-electron chi connectivity index (χ2n) is 5.93. The fraction of sp³-hybridized carbons (Fsp3) is 0.556. The molecule has 1 N–H and O–H groups in total. The highest BCUT2D eigenvalue weighted by Gasteiger charge is 2.25. The average Bonchev–Trinajstić information content (AvgIpc) is 2.58. The first-order valence-electron chi connectivity index (χ1n) is 8.58. The molecule has 0 atom stereocenters. The van der Waals surface area contributed by atoms with E-state index in [1.807, 2.05) is 25.1 Å². The van der Waals surface area contributed by atoms with E-state index in [1.165, 1.54) is 0 Å². The molecule has 1 aromatic carbocycles. The number of carbonyl (C=O) groups is 2. The van der Waals surface area contributed by atoms with Crippen molar-refractivity contribution in [3.63, 3.8) is 0 Å². The van der Waals surface area contributed by atoms with Crippen LogP contribution in [0.5, 0.6) is 5.75 Å². The lowest BCUT2D eigenvalue weighted by atomic mass is 10.1. The van der Waals surface area contributed by atoms with Crippen LogP contribution in [-0.2, 0) is 9.59 Å². The van der Waals surface area contributed by atoms with E-state index in [2.05, 4.69) is 24.1 Å². The predicted octanol–water partition coefficient (Wildman–Crippen LogP) is 1.57. The number of aryl methyl sites for hydroxylation is 1. The number of hydrogen-bond donors (Lipinski definition) is 1. The minimum atomic E-state index is -0.107. The highest BCUT2D eigenvalue weighted by atomic mass is 16.5. The molecule has 2 amide bonds. The number of benzene rings is 1. The largest absolute Gasteiger partial charge is 0.482 e. The van der Waals surface area contributed by atoms with Gasteiger partial charge in [-0.3, -0.25) is 9.59 Å². The van der Waals surface area contributed by atoms with Gasteiger partial charge in [0.2, 0.25) is 5.91 Å². The molecule has 0 unspecified atom stereocenters. The number of nitrogens with zero attached hydrogens (tertiary/aromatic N) is 2. The lowest BCUT2D eigenvalue weighted by Gasteiger charge is -2.29. The van der Waals surface area contributed by atoms with Crippen molar-refractivity contribution in [2.24, 2.45) is 0 Å². The van der Waals surface area contributed by atoms with Gasteiger partial charge in [0.25, 0.3) is 5.91 Å². The smallest absolute Gasteiger partial charge is 0.265 e. The van der Waals surface area contributed by atoms with Crippen molar-refractivity contribution in [3.8, 4) is 5.75 Å². The van der Waals surface area contributed by atoms with Gasteiger partial charge in [-0.15, -0.1) is 0 Å². The normalized spacial score (nSPS) is 13.7. The molecule has 24 heavy (non-hydrogen) atoms. The molecule has 1 heterocycles. The van der Waals surface area contributed by atoms with E-state index in [0.29, 0.717) is 18.8 Å². The molecule has 6 nitrogen and oxygen atoms in total. The summed E-state index contributed by atoms with van der Waals surface area (Å²) in [6, 6.07) is 5.74. The summed E-state index contributed by atoms with van der Waals surface area (Å²) in [5.41, 5.74) is 1.81. The van der Waals surface area contributed by atoms with Gasteiger partial charge in [0, 0.05) is 26.1 Å². The number of likely N-dealkylation sites (N-methyl/N-ethyl adjacent to an activating group) is 1. The fourth-order valence-electron chi connectivity index (χ4n) is 2.75. The van der Waals surface area contributed by atoms with Gasteiger partial charge in [0.1, 0.15) is 5.75 Å². The molecule has 0 radical (unpaired) electrons. The second kappa shape index (κ2) is 8.68. The molecule has 2 rings (SSSR count). The van der Waals surface area contributed by atoms with Gasteiger partial charge in [-0.25, -0.2) is 0 Å². The van der Waals surface area contributed by atoms with Gasteiger partial charge in [0.15, 0.2) is 6.61 Å². The maximum atomic E-state index is 12.1. The fourth-order valence-corrected chi connectivity index (χ4v) is 2.75. The summed E-state index contributed by atoms with van der Waals surface area (Å²) in [6.07, 6.45) is 0.289. The number of fused-ring (bicyclic) bond motifs is 1. The minimum Gasteiger partial charge on any atom is -0.482 e. The van der Waals surface area contributed by atoms with Gasteiger partial charge < -0.3 is 19.9 Å². The van der Waals surface area contributed by atoms with Crippen molar-refractivity contribution in [2.45, 2.75) is 27.2 Å². The Balaban J connectivity index is 1.86. The lowest BCUT2D eigenvalue weighted by Crippen LogP contribution is -2.41. The highest BCUT2D eigenvalue weighted by molar-refractivity contribution is 5.98. The number of carbonyl (C=O) groups excluding carboxylic acids is 2. The molecule has 0 fully saturated rings.